The number of benzene rings is 1. The predicted octanol–water partition coefficient (Wildman–Crippen LogP) is 3.66. The molecule has 1 saturated heterocycles. The lowest BCUT2D eigenvalue weighted by Gasteiger charge is -2.38. The van der Waals surface area contributed by atoms with Gasteiger partial charge in [0.15, 0.2) is 0 Å². The van der Waals surface area contributed by atoms with Crippen LogP contribution in [0.1, 0.15) is 19.8 Å². The van der Waals surface area contributed by atoms with Gasteiger partial charge in [0.05, 0.1) is 22.5 Å². The first-order chi connectivity index (χ1) is 12.9. The molecule has 27 heavy (non-hydrogen) atoms. The largest absolute Gasteiger partial charge is 0.320 e. The van der Waals surface area contributed by atoms with Crippen molar-refractivity contribution in [2.45, 2.75) is 25.9 Å². The molecule has 4 amide bonds. The van der Waals surface area contributed by atoms with Gasteiger partial charge in [0.25, 0.3) is 0 Å². The van der Waals surface area contributed by atoms with Crippen LogP contribution < -0.4 is 10.6 Å². The van der Waals surface area contributed by atoms with Crippen molar-refractivity contribution < 1.29 is 14.4 Å². The number of fused-ring (bicyclic) bond motifs is 1. The summed E-state index contributed by atoms with van der Waals surface area (Å²) in [6, 6.07) is 4.15. The standard InChI is InChI=1S/C19H19Cl2N3O3/c1-9(22-19(27)23-14-7-6-12(20)8-13(14)21)24-17(25)15-10-2-3-11(5-4-10)16(15)18(24)26/h2-3,6-11,15-16H,4-5H2,1H3,(H2,22,23,27). The average molecular weight is 408 g/mol. The van der Waals surface area contributed by atoms with Crippen LogP contribution in [-0.4, -0.2) is 28.9 Å². The van der Waals surface area contributed by atoms with Crippen LogP contribution in [0.5, 0.6) is 0 Å². The van der Waals surface area contributed by atoms with Gasteiger partial charge in [-0.05, 0) is 49.8 Å². The van der Waals surface area contributed by atoms with Crippen molar-refractivity contribution >= 4 is 46.7 Å². The second-order valence-electron chi connectivity index (χ2n) is 7.29. The molecule has 2 bridgehead atoms. The Kier molecular flexibility index (Phi) is 4.64. The third kappa shape index (κ3) is 3.11. The summed E-state index contributed by atoms with van der Waals surface area (Å²) in [5.41, 5.74) is 0.390. The zero-order chi connectivity index (χ0) is 19.3. The van der Waals surface area contributed by atoms with Crippen LogP contribution in [0.25, 0.3) is 0 Å². The van der Waals surface area contributed by atoms with Crippen molar-refractivity contribution in [3.05, 3.63) is 40.4 Å². The van der Waals surface area contributed by atoms with E-state index in [1.165, 1.54) is 11.0 Å². The summed E-state index contributed by atoms with van der Waals surface area (Å²) in [5.74, 6) is -0.730. The monoisotopic (exact) mass is 407 g/mol. The fourth-order valence-electron chi connectivity index (χ4n) is 4.48. The Morgan fingerprint density at radius 3 is 2.22 bits per heavy atom. The van der Waals surface area contributed by atoms with Crippen LogP contribution in [0.2, 0.25) is 10.0 Å². The molecular formula is C19H19Cl2N3O3. The van der Waals surface area contributed by atoms with Crippen molar-refractivity contribution in [2.24, 2.45) is 23.7 Å². The molecule has 3 aliphatic carbocycles. The maximum absolute atomic E-state index is 12.9. The van der Waals surface area contributed by atoms with E-state index in [1.54, 1.807) is 19.1 Å². The van der Waals surface area contributed by atoms with Crippen LogP contribution in [0.4, 0.5) is 10.5 Å². The fourth-order valence-corrected chi connectivity index (χ4v) is 4.94. The predicted molar refractivity (Wildman–Crippen MR) is 102 cm³/mol. The van der Waals surface area contributed by atoms with Crippen molar-refractivity contribution in [1.29, 1.82) is 0 Å². The molecule has 2 fully saturated rings. The molecule has 6 nitrogen and oxygen atoms in total. The SMILES string of the molecule is CC(NC(=O)Nc1ccc(Cl)cc1Cl)N1C(=O)C2C3C=CC(CC3)C2C1=O. The molecule has 5 atom stereocenters. The number of nitrogens with zero attached hydrogens (tertiary/aromatic N) is 1. The van der Waals surface area contributed by atoms with Crippen molar-refractivity contribution in [3.8, 4) is 0 Å². The van der Waals surface area contributed by atoms with Crippen LogP contribution in [0.15, 0.2) is 30.4 Å². The second-order valence-corrected chi connectivity index (χ2v) is 8.13. The maximum Gasteiger partial charge on any atom is 0.320 e. The number of hydrogen-bond acceptors (Lipinski definition) is 3. The lowest BCUT2D eigenvalue weighted by Crippen LogP contribution is -2.50. The van der Waals surface area contributed by atoms with E-state index in [9.17, 15) is 14.4 Å². The molecular weight excluding hydrogens is 389 g/mol. The number of allylic oxidation sites excluding steroid dienone is 2. The summed E-state index contributed by atoms with van der Waals surface area (Å²) in [6.45, 7) is 1.63. The van der Waals surface area contributed by atoms with E-state index in [0.717, 1.165) is 12.8 Å². The summed E-state index contributed by atoms with van der Waals surface area (Å²) in [6.07, 6.45) is 5.26. The number of likely N-dealkylation sites (tertiary alicyclic amines) is 1. The number of imide groups is 1. The molecule has 5 rings (SSSR count). The van der Waals surface area contributed by atoms with Crippen LogP contribution in [0, 0.1) is 23.7 Å². The van der Waals surface area contributed by atoms with Gasteiger partial charge in [-0.3, -0.25) is 14.5 Å². The Morgan fingerprint density at radius 1 is 1.11 bits per heavy atom. The van der Waals surface area contributed by atoms with E-state index in [2.05, 4.69) is 22.8 Å². The summed E-state index contributed by atoms with van der Waals surface area (Å²) >= 11 is 11.9. The molecule has 2 N–H and O–H groups in total. The number of urea groups is 1. The van der Waals surface area contributed by atoms with Gasteiger partial charge in [-0.15, -0.1) is 0 Å². The molecule has 4 aliphatic rings. The summed E-state index contributed by atoms with van der Waals surface area (Å²) < 4.78 is 0. The minimum atomic E-state index is -0.749. The van der Waals surface area contributed by atoms with Gasteiger partial charge in [0.1, 0.15) is 6.17 Å². The average Bonchev–Trinajstić information content (AvgIpc) is 2.91. The minimum absolute atomic E-state index is 0.121. The lowest BCUT2D eigenvalue weighted by atomic mass is 9.63. The number of amides is 4. The normalized spacial score (nSPS) is 29.7. The summed E-state index contributed by atoms with van der Waals surface area (Å²) in [5, 5.41) is 6.02. The summed E-state index contributed by atoms with van der Waals surface area (Å²) in [4.78, 5) is 39.3. The van der Waals surface area contributed by atoms with Gasteiger partial charge in [-0.2, -0.15) is 0 Å². The van der Waals surface area contributed by atoms with E-state index >= 15 is 0 Å². The van der Waals surface area contributed by atoms with E-state index < -0.39 is 12.2 Å². The lowest BCUT2D eigenvalue weighted by molar-refractivity contribution is -0.142. The van der Waals surface area contributed by atoms with Gasteiger partial charge in [0, 0.05) is 5.02 Å². The highest BCUT2D eigenvalue weighted by molar-refractivity contribution is 6.36. The third-order valence-corrected chi connectivity index (χ3v) is 6.25. The van der Waals surface area contributed by atoms with Crippen LogP contribution >= 0.6 is 23.2 Å². The Balaban J connectivity index is 1.45. The number of hydrogen-bond donors (Lipinski definition) is 2. The van der Waals surface area contributed by atoms with E-state index in [0.29, 0.717) is 15.7 Å². The number of rotatable bonds is 3. The molecule has 1 aromatic carbocycles. The fraction of sp³-hybridized carbons (Fsp3) is 0.421. The van der Waals surface area contributed by atoms with Crippen LogP contribution in [0.3, 0.4) is 0 Å². The van der Waals surface area contributed by atoms with E-state index in [1.807, 2.05) is 0 Å². The smallest absolute Gasteiger partial charge is 0.317 e. The number of nitrogens with one attached hydrogen (secondary N) is 2. The number of anilines is 1. The Labute approximate surface area is 166 Å². The highest BCUT2D eigenvalue weighted by Gasteiger charge is 2.57. The quantitative estimate of drug-likeness (QED) is 0.592. The molecule has 0 aromatic heterocycles. The summed E-state index contributed by atoms with van der Waals surface area (Å²) in [7, 11) is 0. The van der Waals surface area contributed by atoms with Gasteiger partial charge in [-0.1, -0.05) is 35.4 Å². The molecule has 1 heterocycles. The van der Waals surface area contributed by atoms with E-state index in [4.69, 9.17) is 23.2 Å². The Morgan fingerprint density at radius 2 is 1.70 bits per heavy atom. The zero-order valence-corrected chi connectivity index (χ0v) is 16.1. The van der Waals surface area contributed by atoms with Crippen LogP contribution in [-0.2, 0) is 9.59 Å². The number of carbonyl (C=O) groups is 3. The molecule has 1 aromatic rings. The molecule has 1 saturated carbocycles. The molecule has 0 radical (unpaired) electrons. The van der Waals surface area contributed by atoms with E-state index in [-0.39, 0.29) is 35.5 Å². The van der Waals surface area contributed by atoms with Gasteiger partial charge >= 0.3 is 6.03 Å². The second kappa shape index (κ2) is 6.84. The molecule has 5 unspecified atom stereocenters. The van der Waals surface area contributed by atoms with Gasteiger partial charge < -0.3 is 10.6 Å². The number of carbonyl (C=O) groups excluding carboxylic acids is 3. The zero-order valence-electron chi connectivity index (χ0n) is 14.6. The van der Waals surface area contributed by atoms with Crippen molar-refractivity contribution in [1.82, 2.24) is 10.2 Å². The van der Waals surface area contributed by atoms with Crippen molar-refractivity contribution in [3.63, 3.8) is 0 Å². The highest BCUT2D eigenvalue weighted by atomic mass is 35.5. The van der Waals surface area contributed by atoms with Crippen molar-refractivity contribution in [2.75, 3.05) is 5.32 Å². The third-order valence-electron chi connectivity index (χ3n) is 5.70. The molecule has 0 spiro atoms. The van der Waals surface area contributed by atoms with Gasteiger partial charge in [-0.25, -0.2) is 4.79 Å². The Hall–Kier alpha value is -2.05. The maximum atomic E-state index is 12.9. The first-order valence-electron chi connectivity index (χ1n) is 8.94. The Bertz CT molecular complexity index is 825. The first kappa shape index (κ1) is 18.3. The molecule has 8 heteroatoms. The number of halogens is 2. The topological polar surface area (TPSA) is 78.5 Å². The molecule has 1 aliphatic heterocycles. The minimum Gasteiger partial charge on any atom is -0.317 e. The molecule has 142 valence electrons. The highest BCUT2D eigenvalue weighted by Crippen LogP contribution is 2.49. The van der Waals surface area contributed by atoms with Gasteiger partial charge in [0.2, 0.25) is 11.8 Å². The first-order valence-corrected chi connectivity index (χ1v) is 9.70.